The van der Waals surface area contributed by atoms with E-state index in [4.69, 9.17) is 5.11 Å². The van der Waals surface area contributed by atoms with Gasteiger partial charge in [-0.25, -0.2) is 0 Å². The van der Waals surface area contributed by atoms with Crippen molar-refractivity contribution >= 4 is 29.5 Å². The molecule has 2 saturated heterocycles. The lowest BCUT2D eigenvalue weighted by molar-refractivity contribution is -0.148. The first-order chi connectivity index (χ1) is 11.2. The van der Waals surface area contributed by atoms with Crippen LogP contribution in [0.5, 0.6) is 0 Å². The molecule has 0 aliphatic carbocycles. The summed E-state index contributed by atoms with van der Waals surface area (Å²) >= 11 is 1.62. The Kier molecular flexibility index (Phi) is 6.17. The van der Waals surface area contributed by atoms with Crippen molar-refractivity contribution in [1.29, 1.82) is 0 Å². The highest BCUT2D eigenvalue weighted by molar-refractivity contribution is 7.99. The van der Waals surface area contributed by atoms with E-state index in [2.05, 4.69) is 0 Å². The largest absolute Gasteiger partial charge is 0.481 e. The predicted octanol–water partition coefficient (Wildman–Crippen LogP) is 2.04. The summed E-state index contributed by atoms with van der Waals surface area (Å²) in [6.45, 7) is 6.96. The average Bonchev–Trinajstić information content (AvgIpc) is 3.00. The van der Waals surface area contributed by atoms with Crippen LogP contribution in [0.4, 0.5) is 0 Å². The molecule has 0 spiro atoms. The van der Waals surface area contributed by atoms with Crippen LogP contribution < -0.4 is 0 Å². The third-order valence-electron chi connectivity index (χ3n) is 4.67. The van der Waals surface area contributed by atoms with E-state index in [1.165, 1.54) is 0 Å². The van der Waals surface area contributed by atoms with Gasteiger partial charge in [0.2, 0.25) is 11.8 Å². The first-order valence-corrected chi connectivity index (χ1v) is 9.75. The van der Waals surface area contributed by atoms with Crippen LogP contribution in [0, 0.1) is 11.3 Å². The highest BCUT2D eigenvalue weighted by Crippen LogP contribution is 2.30. The van der Waals surface area contributed by atoms with Gasteiger partial charge in [-0.2, -0.15) is 0 Å². The zero-order valence-corrected chi connectivity index (χ0v) is 15.6. The Bertz CT molecular complexity index is 503. The van der Waals surface area contributed by atoms with Gasteiger partial charge in [-0.15, -0.1) is 11.8 Å². The fourth-order valence-electron chi connectivity index (χ4n) is 3.32. The number of hydrogen-bond acceptors (Lipinski definition) is 4. The molecule has 2 heterocycles. The van der Waals surface area contributed by atoms with Crippen molar-refractivity contribution in [3.05, 3.63) is 0 Å². The normalized spacial score (nSPS) is 25.0. The van der Waals surface area contributed by atoms with Crippen LogP contribution >= 0.6 is 11.8 Å². The molecule has 2 rings (SSSR count). The lowest BCUT2D eigenvalue weighted by atomic mass is 9.92. The molecule has 2 unspecified atom stereocenters. The zero-order chi connectivity index (χ0) is 17.9. The number of thioether (sulfide) groups is 1. The number of aliphatic carboxylic acids is 1. The van der Waals surface area contributed by atoms with Crippen molar-refractivity contribution in [2.75, 3.05) is 24.7 Å². The summed E-state index contributed by atoms with van der Waals surface area (Å²) in [5.41, 5.74) is -0.491. The van der Waals surface area contributed by atoms with Crippen LogP contribution in [0.1, 0.15) is 46.5 Å². The van der Waals surface area contributed by atoms with E-state index in [9.17, 15) is 14.4 Å². The minimum absolute atomic E-state index is 0.0188. The fraction of sp³-hybridized carbons (Fsp3) is 0.824. The van der Waals surface area contributed by atoms with Crippen LogP contribution in [-0.4, -0.2) is 63.5 Å². The molecule has 2 amide bonds. The second kappa shape index (κ2) is 7.76. The number of nitrogens with zero attached hydrogens (tertiary/aromatic N) is 2. The maximum atomic E-state index is 12.9. The van der Waals surface area contributed by atoms with E-state index >= 15 is 0 Å². The van der Waals surface area contributed by atoms with Crippen LogP contribution in [0.15, 0.2) is 0 Å². The van der Waals surface area contributed by atoms with Crippen molar-refractivity contribution < 1.29 is 19.5 Å². The Morgan fingerprint density at radius 1 is 1.25 bits per heavy atom. The van der Waals surface area contributed by atoms with Gasteiger partial charge in [-0.05, 0) is 25.2 Å². The van der Waals surface area contributed by atoms with Crippen LogP contribution in [0.2, 0.25) is 0 Å². The molecule has 0 radical (unpaired) electrons. The minimum Gasteiger partial charge on any atom is -0.481 e. The first kappa shape index (κ1) is 19.1. The summed E-state index contributed by atoms with van der Waals surface area (Å²) in [5.74, 6) is 0.731. The number of carbonyl (C=O) groups excluding carboxylic acids is 2. The smallest absolute Gasteiger partial charge is 0.303 e. The molecule has 2 aliphatic heterocycles. The molecule has 0 bridgehead atoms. The number of piperidine rings is 1. The van der Waals surface area contributed by atoms with Gasteiger partial charge < -0.3 is 14.9 Å². The fourth-order valence-corrected chi connectivity index (χ4v) is 4.46. The van der Waals surface area contributed by atoms with Gasteiger partial charge >= 0.3 is 5.97 Å². The SMILES string of the molecule is CC(C)(C)C(=O)N1CSCC1C(=O)N1CCCC(CCC(=O)O)C1. The highest BCUT2D eigenvalue weighted by Gasteiger charge is 2.41. The van der Waals surface area contributed by atoms with Crippen molar-refractivity contribution in [3.8, 4) is 0 Å². The van der Waals surface area contributed by atoms with Gasteiger partial charge in [-0.1, -0.05) is 20.8 Å². The van der Waals surface area contributed by atoms with E-state index in [1.54, 1.807) is 16.7 Å². The highest BCUT2D eigenvalue weighted by atomic mass is 32.2. The standard InChI is InChI=1S/C17H28N2O4S/c1-17(2,3)16(23)19-11-24-10-13(19)15(22)18-8-4-5-12(9-18)6-7-14(20)21/h12-13H,4-11H2,1-3H3,(H,20,21). The monoisotopic (exact) mass is 356 g/mol. The van der Waals surface area contributed by atoms with Gasteiger partial charge in [0.25, 0.3) is 0 Å². The summed E-state index contributed by atoms with van der Waals surface area (Å²) in [4.78, 5) is 39.8. The van der Waals surface area contributed by atoms with Crippen LogP contribution in [-0.2, 0) is 14.4 Å². The van der Waals surface area contributed by atoms with E-state index in [-0.39, 0.29) is 30.2 Å². The van der Waals surface area contributed by atoms with Gasteiger partial charge in [0.1, 0.15) is 6.04 Å². The lowest BCUT2D eigenvalue weighted by Gasteiger charge is -2.37. The molecular formula is C17H28N2O4S. The molecule has 2 fully saturated rings. The van der Waals surface area contributed by atoms with Gasteiger partial charge in [0.05, 0.1) is 5.88 Å². The number of carboxylic acids is 1. The Balaban J connectivity index is 1.99. The molecule has 24 heavy (non-hydrogen) atoms. The molecule has 2 atom stereocenters. The molecule has 2 aliphatic rings. The van der Waals surface area contributed by atoms with Crippen molar-refractivity contribution in [3.63, 3.8) is 0 Å². The third kappa shape index (κ3) is 4.65. The van der Waals surface area contributed by atoms with E-state index in [0.717, 1.165) is 12.8 Å². The molecule has 0 aromatic carbocycles. The van der Waals surface area contributed by atoms with Crippen LogP contribution in [0.25, 0.3) is 0 Å². The van der Waals surface area contributed by atoms with E-state index in [1.807, 2.05) is 25.7 Å². The number of rotatable bonds is 4. The quantitative estimate of drug-likeness (QED) is 0.834. The maximum Gasteiger partial charge on any atom is 0.303 e. The predicted molar refractivity (Wildman–Crippen MR) is 93.6 cm³/mol. The van der Waals surface area contributed by atoms with Gasteiger partial charge in [-0.3, -0.25) is 14.4 Å². The maximum absolute atomic E-state index is 12.9. The lowest BCUT2D eigenvalue weighted by Crippen LogP contribution is -2.53. The Hall–Kier alpha value is -1.24. The first-order valence-electron chi connectivity index (χ1n) is 8.59. The number of likely N-dealkylation sites (tertiary alicyclic amines) is 1. The zero-order valence-electron chi connectivity index (χ0n) is 14.8. The Morgan fingerprint density at radius 2 is 1.96 bits per heavy atom. The Morgan fingerprint density at radius 3 is 2.58 bits per heavy atom. The molecule has 7 heteroatoms. The number of carbonyl (C=O) groups is 3. The van der Waals surface area contributed by atoms with Gasteiger partial charge in [0, 0.05) is 30.7 Å². The topological polar surface area (TPSA) is 77.9 Å². The van der Waals surface area contributed by atoms with E-state index < -0.39 is 11.4 Å². The molecule has 0 aromatic heterocycles. The third-order valence-corrected chi connectivity index (χ3v) is 5.68. The molecule has 1 N–H and O–H groups in total. The molecule has 136 valence electrons. The number of amides is 2. The van der Waals surface area contributed by atoms with Crippen molar-refractivity contribution in [2.24, 2.45) is 11.3 Å². The Labute approximate surface area is 147 Å². The van der Waals surface area contributed by atoms with Gasteiger partial charge in [0.15, 0.2) is 0 Å². The van der Waals surface area contributed by atoms with Crippen molar-refractivity contribution in [2.45, 2.75) is 52.5 Å². The second-order valence-electron chi connectivity index (χ2n) is 7.77. The van der Waals surface area contributed by atoms with Crippen molar-refractivity contribution in [1.82, 2.24) is 9.80 Å². The molecule has 0 aromatic rings. The molecule has 0 saturated carbocycles. The summed E-state index contributed by atoms with van der Waals surface area (Å²) in [6.07, 6.45) is 2.65. The number of carboxylic acid groups (broad SMARTS) is 1. The summed E-state index contributed by atoms with van der Waals surface area (Å²) in [6, 6.07) is -0.375. The number of hydrogen-bond donors (Lipinski definition) is 1. The molecule has 6 nitrogen and oxygen atoms in total. The summed E-state index contributed by atoms with van der Waals surface area (Å²) < 4.78 is 0. The van der Waals surface area contributed by atoms with Crippen LogP contribution in [0.3, 0.4) is 0 Å². The molecular weight excluding hydrogens is 328 g/mol. The average molecular weight is 356 g/mol. The second-order valence-corrected chi connectivity index (χ2v) is 8.77. The van der Waals surface area contributed by atoms with E-state index in [0.29, 0.717) is 31.1 Å². The minimum atomic E-state index is -0.785. The summed E-state index contributed by atoms with van der Waals surface area (Å²) in [7, 11) is 0. The summed E-state index contributed by atoms with van der Waals surface area (Å²) in [5, 5.41) is 8.84.